The first-order chi connectivity index (χ1) is 18.7. The molecule has 13 N–H and O–H groups in total. The highest BCUT2D eigenvalue weighted by Gasteiger charge is 2.31. The van der Waals surface area contributed by atoms with Gasteiger partial charge in [0.25, 0.3) is 0 Å². The van der Waals surface area contributed by atoms with Crippen molar-refractivity contribution in [3.63, 3.8) is 0 Å². The van der Waals surface area contributed by atoms with E-state index in [0.29, 0.717) is 5.56 Å². The van der Waals surface area contributed by atoms with Crippen molar-refractivity contribution in [2.75, 3.05) is 6.54 Å². The van der Waals surface area contributed by atoms with Crippen LogP contribution in [0.15, 0.2) is 29.3 Å². The van der Waals surface area contributed by atoms with Crippen molar-refractivity contribution in [3.8, 4) is 5.75 Å². The minimum absolute atomic E-state index is 0.0293. The Balaban J connectivity index is 3.19. The van der Waals surface area contributed by atoms with Gasteiger partial charge in [-0.25, -0.2) is 4.79 Å². The summed E-state index contributed by atoms with van der Waals surface area (Å²) in [4.78, 5) is 65.1. The third-order valence-electron chi connectivity index (χ3n) is 5.67. The summed E-state index contributed by atoms with van der Waals surface area (Å²) in [5.74, 6) is -5.54. The van der Waals surface area contributed by atoms with Gasteiger partial charge in [-0.2, -0.15) is 0 Å². The zero-order chi connectivity index (χ0) is 30.4. The van der Waals surface area contributed by atoms with Crippen LogP contribution in [0.3, 0.4) is 0 Å². The van der Waals surface area contributed by atoms with Gasteiger partial charge in [0.2, 0.25) is 17.7 Å². The van der Waals surface area contributed by atoms with E-state index < -0.39 is 72.8 Å². The number of guanidine groups is 1. The number of aliphatic hydroxyl groups excluding tert-OH is 1. The van der Waals surface area contributed by atoms with Crippen molar-refractivity contribution in [2.24, 2.45) is 22.2 Å². The maximum Gasteiger partial charge on any atom is 0.326 e. The van der Waals surface area contributed by atoms with Crippen molar-refractivity contribution < 1.29 is 44.4 Å². The van der Waals surface area contributed by atoms with Gasteiger partial charge in [-0.3, -0.25) is 24.2 Å². The molecule has 5 unspecified atom stereocenters. The number of nitrogens with one attached hydrogen (secondary N) is 3. The van der Waals surface area contributed by atoms with Crippen molar-refractivity contribution in [1.82, 2.24) is 16.0 Å². The molecule has 16 nitrogen and oxygen atoms in total. The molecule has 222 valence electrons. The molecule has 1 rings (SSSR count). The first-order valence-electron chi connectivity index (χ1n) is 12.3. The van der Waals surface area contributed by atoms with Gasteiger partial charge in [0, 0.05) is 19.4 Å². The van der Waals surface area contributed by atoms with E-state index in [1.54, 1.807) is 0 Å². The quantitative estimate of drug-likeness (QED) is 0.0515. The third-order valence-corrected chi connectivity index (χ3v) is 5.67. The number of aliphatic carboxylic acids is 2. The van der Waals surface area contributed by atoms with Gasteiger partial charge in [-0.05, 0) is 43.9 Å². The minimum atomic E-state index is -1.54. The number of carboxylic acid groups (broad SMARTS) is 2. The number of nitrogens with zero attached hydrogens (tertiary/aromatic N) is 1. The summed E-state index contributed by atoms with van der Waals surface area (Å²) in [7, 11) is 0. The topological polar surface area (TPSA) is 293 Å². The molecule has 40 heavy (non-hydrogen) atoms. The number of rotatable bonds is 17. The summed E-state index contributed by atoms with van der Waals surface area (Å²) < 4.78 is 0. The molecule has 0 aliphatic carbocycles. The lowest BCUT2D eigenvalue weighted by molar-refractivity contribution is -0.143. The molecule has 0 aromatic heterocycles. The molecule has 0 aliphatic heterocycles. The first-order valence-corrected chi connectivity index (χ1v) is 12.3. The Morgan fingerprint density at radius 3 is 1.95 bits per heavy atom. The number of aliphatic hydroxyl groups is 1. The first kappa shape index (κ1) is 33.6. The van der Waals surface area contributed by atoms with E-state index in [0.717, 1.165) is 0 Å². The second kappa shape index (κ2) is 16.5. The highest BCUT2D eigenvalue weighted by Crippen LogP contribution is 2.12. The Morgan fingerprint density at radius 1 is 0.875 bits per heavy atom. The fraction of sp³-hybridized carbons (Fsp3) is 0.500. The van der Waals surface area contributed by atoms with Gasteiger partial charge in [0.05, 0.1) is 6.10 Å². The van der Waals surface area contributed by atoms with Crippen LogP contribution in [0.5, 0.6) is 5.75 Å². The normalized spacial score (nSPS) is 14.5. The van der Waals surface area contributed by atoms with Gasteiger partial charge in [-0.15, -0.1) is 0 Å². The van der Waals surface area contributed by atoms with E-state index >= 15 is 0 Å². The average Bonchev–Trinajstić information content (AvgIpc) is 2.87. The molecule has 0 spiro atoms. The smallest absolute Gasteiger partial charge is 0.326 e. The monoisotopic (exact) mass is 567 g/mol. The number of aliphatic imine (C=N–C) groups is 1. The Hall–Kier alpha value is -4.44. The maximum atomic E-state index is 13.3. The van der Waals surface area contributed by atoms with Gasteiger partial charge < -0.3 is 53.6 Å². The Morgan fingerprint density at radius 2 is 1.43 bits per heavy atom. The van der Waals surface area contributed by atoms with E-state index in [1.165, 1.54) is 31.2 Å². The predicted molar refractivity (Wildman–Crippen MR) is 142 cm³/mol. The third kappa shape index (κ3) is 12.4. The zero-order valence-electron chi connectivity index (χ0n) is 21.9. The van der Waals surface area contributed by atoms with Crippen LogP contribution in [0, 0.1) is 0 Å². The molecule has 0 fully saturated rings. The highest BCUT2D eigenvalue weighted by atomic mass is 16.4. The van der Waals surface area contributed by atoms with Gasteiger partial charge >= 0.3 is 11.9 Å². The molecule has 0 bridgehead atoms. The SMILES string of the molecule is CC(O)C(N)C(=O)NC(Cc1ccc(O)cc1)C(=O)NC(CCCN=C(N)N)C(=O)NC(CCC(=O)O)C(=O)O. The van der Waals surface area contributed by atoms with Crippen LogP contribution < -0.4 is 33.2 Å². The van der Waals surface area contributed by atoms with E-state index in [4.69, 9.17) is 22.3 Å². The van der Waals surface area contributed by atoms with Crippen LogP contribution >= 0.6 is 0 Å². The van der Waals surface area contributed by atoms with Crippen LogP contribution in [0.4, 0.5) is 0 Å². The number of aromatic hydroxyl groups is 1. The molecule has 5 atom stereocenters. The lowest BCUT2D eigenvalue weighted by atomic mass is 10.0. The largest absolute Gasteiger partial charge is 0.508 e. The second-order valence-electron chi connectivity index (χ2n) is 9.04. The maximum absolute atomic E-state index is 13.3. The van der Waals surface area contributed by atoms with Crippen LogP contribution in [-0.4, -0.2) is 92.9 Å². The number of phenols is 1. The Labute approximate surface area is 230 Å². The summed E-state index contributed by atoms with van der Waals surface area (Å²) in [6.45, 7) is 1.37. The molecular weight excluding hydrogens is 530 g/mol. The van der Waals surface area contributed by atoms with Crippen molar-refractivity contribution in [1.29, 1.82) is 0 Å². The number of nitrogens with two attached hydrogens (primary N) is 3. The molecule has 1 aromatic rings. The van der Waals surface area contributed by atoms with Gasteiger partial charge in [0.1, 0.15) is 29.9 Å². The number of hydrogen-bond acceptors (Lipinski definition) is 9. The van der Waals surface area contributed by atoms with E-state index in [2.05, 4.69) is 20.9 Å². The lowest BCUT2D eigenvalue weighted by Crippen LogP contribution is -2.58. The number of carbonyl (C=O) groups excluding carboxylic acids is 3. The Bertz CT molecular complexity index is 1060. The van der Waals surface area contributed by atoms with Crippen molar-refractivity contribution in [3.05, 3.63) is 29.8 Å². The molecule has 0 heterocycles. The standard InChI is InChI=1S/C24H37N7O9/c1-12(32)19(25)22(38)31-17(11-13-4-6-14(33)7-5-13)21(37)29-15(3-2-10-28-24(26)27)20(36)30-16(23(39)40)8-9-18(34)35/h4-7,12,15-17,19,32-33H,2-3,8-11,25H2,1H3,(H,29,37)(H,30,36)(H,31,38)(H,34,35)(H,39,40)(H4,26,27,28). The van der Waals surface area contributed by atoms with Crippen molar-refractivity contribution in [2.45, 2.75) is 69.3 Å². The fourth-order valence-corrected chi connectivity index (χ4v) is 3.41. The van der Waals surface area contributed by atoms with Crippen molar-refractivity contribution >= 4 is 35.6 Å². The molecule has 16 heteroatoms. The van der Waals surface area contributed by atoms with E-state index in [-0.39, 0.29) is 37.5 Å². The van der Waals surface area contributed by atoms with Crippen LogP contribution in [0.2, 0.25) is 0 Å². The van der Waals surface area contributed by atoms with Crippen LogP contribution in [-0.2, 0) is 30.4 Å². The van der Waals surface area contributed by atoms with Crippen LogP contribution in [0.1, 0.15) is 38.2 Å². The summed E-state index contributed by atoms with van der Waals surface area (Å²) in [6, 6.07) is 0.241. The molecule has 3 amide bonds. The lowest BCUT2D eigenvalue weighted by Gasteiger charge is -2.25. The Kier molecular flexibility index (Phi) is 13.9. The van der Waals surface area contributed by atoms with Gasteiger partial charge in [-0.1, -0.05) is 12.1 Å². The van der Waals surface area contributed by atoms with Crippen LogP contribution in [0.25, 0.3) is 0 Å². The molecule has 0 aliphatic rings. The summed E-state index contributed by atoms with van der Waals surface area (Å²) in [5.41, 5.74) is 16.8. The summed E-state index contributed by atoms with van der Waals surface area (Å²) in [5, 5.41) is 44.6. The average molecular weight is 568 g/mol. The number of carboxylic acids is 2. The number of phenolic OH excluding ortho intramolecular Hbond substituents is 1. The molecule has 1 aromatic carbocycles. The van der Waals surface area contributed by atoms with E-state index in [1.807, 2.05) is 0 Å². The zero-order valence-corrected chi connectivity index (χ0v) is 21.9. The number of carbonyl (C=O) groups is 5. The van der Waals surface area contributed by atoms with E-state index in [9.17, 15) is 39.3 Å². The number of amides is 3. The second-order valence-corrected chi connectivity index (χ2v) is 9.04. The number of benzene rings is 1. The summed E-state index contributed by atoms with van der Waals surface area (Å²) in [6.07, 6.45) is -2.11. The molecule has 0 saturated carbocycles. The fourth-order valence-electron chi connectivity index (χ4n) is 3.41. The summed E-state index contributed by atoms with van der Waals surface area (Å²) >= 11 is 0. The molecular formula is C24H37N7O9. The highest BCUT2D eigenvalue weighted by molar-refractivity contribution is 5.94. The number of hydrogen-bond donors (Lipinski definition) is 10. The minimum Gasteiger partial charge on any atom is -0.508 e. The predicted octanol–water partition coefficient (Wildman–Crippen LogP) is -2.90. The molecule has 0 radical (unpaired) electrons. The van der Waals surface area contributed by atoms with Gasteiger partial charge in [0.15, 0.2) is 5.96 Å². The molecule has 0 saturated heterocycles.